The van der Waals surface area contributed by atoms with Gasteiger partial charge in [0.05, 0.1) is 12.6 Å². The molecule has 0 aliphatic rings. The van der Waals surface area contributed by atoms with Crippen LogP contribution in [0.1, 0.15) is 303 Å². The van der Waals surface area contributed by atoms with Crippen LogP contribution in [0.3, 0.4) is 0 Å². The topological polar surface area (TPSA) is 66.4 Å². The Kier molecular flexibility index (Phi) is 48.2. The van der Waals surface area contributed by atoms with E-state index in [2.05, 4.69) is 31.3 Å². The first-order valence-corrected chi connectivity index (χ1v) is 26.2. The van der Waals surface area contributed by atoms with Gasteiger partial charge in [-0.25, -0.2) is 0 Å². The third-order valence-corrected chi connectivity index (χ3v) is 12.3. The van der Waals surface area contributed by atoms with Gasteiger partial charge in [0.25, 0.3) is 0 Å². The van der Waals surface area contributed by atoms with Crippen LogP contribution in [0, 0.1) is 0 Å². The van der Waals surface area contributed by atoms with E-state index >= 15 is 0 Å². The Morgan fingerprint density at radius 3 is 1.00 bits per heavy atom. The van der Waals surface area contributed by atoms with Crippen molar-refractivity contribution in [2.24, 2.45) is 0 Å². The van der Waals surface area contributed by atoms with Gasteiger partial charge in [-0.05, 0) is 51.4 Å². The molecule has 0 aliphatic carbocycles. The monoisotopic (exact) mass is 802 g/mol. The molecule has 338 valence electrons. The van der Waals surface area contributed by atoms with Crippen molar-refractivity contribution in [1.82, 2.24) is 5.32 Å². The molecule has 0 spiro atoms. The van der Waals surface area contributed by atoms with Crippen molar-refractivity contribution in [3.05, 3.63) is 12.2 Å². The second kappa shape index (κ2) is 49.2. The highest BCUT2D eigenvalue weighted by molar-refractivity contribution is 5.78. The van der Waals surface area contributed by atoms with Gasteiger partial charge < -0.3 is 10.4 Å². The molecule has 4 heteroatoms. The summed E-state index contributed by atoms with van der Waals surface area (Å²) >= 11 is 0. The Morgan fingerprint density at radius 1 is 0.386 bits per heavy atom. The van der Waals surface area contributed by atoms with E-state index in [-0.39, 0.29) is 18.6 Å². The third kappa shape index (κ3) is 47.4. The largest absolute Gasteiger partial charge is 0.394 e. The van der Waals surface area contributed by atoms with Crippen molar-refractivity contribution >= 4 is 11.7 Å². The number of unbranched alkanes of at least 4 members (excludes halogenated alkanes) is 37. The molecule has 0 saturated heterocycles. The lowest BCUT2D eigenvalue weighted by Gasteiger charge is -2.16. The molecule has 0 aromatic rings. The van der Waals surface area contributed by atoms with Crippen LogP contribution in [0.25, 0.3) is 0 Å². The molecule has 4 nitrogen and oxygen atoms in total. The summed E-state index contributed by atoms with van der Waals surface area (Å²) in [6.07, 6.45) is 61.5. The number of carbonyl (C=O) groups excluding carboxylic acids is 2. The summed E-state index contributed by atoms with van der Waals surface area (Å²) in [5.74, 6) is 0.608. The zero-order chi connectivity index (χ0) is 41.4. The number of nitrogens with one attached hydrogen (secondary N) is 1. The fraction of sp³-hybridized carbons (Fsp3) is 0.925. The summed E-state index contributed by atoms with van der Waals surface area (Å²) < 4.78 is 0. The second-order valence-corrected chi connectivity index (χ2v) is 18.2. The number of aliphatic hydroxyl groups is 1. The van der Waals surface area contributed by atoms with Crippen LogP contribution < -0.4 is 5.32 Å². The maximum Gasteiger partial charge on any atom is 0.220 e. The van der Waals surface area contributed by atoms with Gasteiger partial charge in [-0.1, -0.05) is 244 Å². The van der Waals surface area contributed by atoms with Crippen LogP contribution in [-0.4, -0.2) is 29.4 Å². The van der Waals surface area contributed by atoms with E-state index in [0.29, 0.717) is 12.2 Å². The summed E-state index contributed by atoms with van der Waals surface area (Å²) in [6, 6.07) is -0.0707. The molecular weight excluding hydrogens is 699 g/mol. The first kappa shape index (κ1) is 55.8. The number of amides is 1. The number of ketones is 1. The van der Waals surface area contributed by atoms with Gasteiger partial charge in [0.2, 0.25) is 5.91 Å². The van der Waals surface area contributed by atoms with Gasteiger partial charge in [-0.15, -0.1) is 0 Å². The van der Waals surface area contributed by atoms with Gasteiger partial charge in [-0.3, -0.25) is 9.59 Å². The lowest BCUT2D eigenvalue weighted by atomic mass is 10.0. The lowest BCUT2D eigenvalue weighted by molar-refractivity contribution is -0.122. The number of allylic oxidation sites excluding steroid dienone is 2. The zero-order valence-electron chi connectivity index (χ0n) is 39.0. The van der Waals surface area contributed by atoms with Crippen molar-refractivity contribution in [2.45, 2.75) is 309 Å². The highest BCUT2D eigenvalue weighted by Gasteiger charge is 2.11. The van der Waals surface area contributed by atoms with E-state index in [1.165, 1.54) is 231 Å². The minimum atomic E-state index is -0.0707. The lowest BCUT2D eigenvalue weighted by Crippen LogP contribution is -2.37. The highest BCUT2D eigenvalue weighted by atomic mass is 16.3. The number of aliphatic hydroxyl groups excluding tert-OH is 1. The number of hydrogen-bond donors (Lipinski definition) is 2. The molecule has 0 aromatic carbocycles. The van der Waals surface area contributed by atoms with Crippen LogP contribution in [0.4, 0.5) is 0 Å². The van der Waals surface area contributed by atoms with Crippen LogP contribution in [0.15, 0.2) is 12.2 Å². The van der Waals surface area contributed by atoms with Crippen molar-refractivity contribution < 1.29 is 14.7 Å². The van der Waals surface area contributed by atoms with Crippen molar-refractivity contribution in [3.63, 3.8) is 0 Å². The minimum Gasteiger partial charge on any atom is -0.394 e. The number of hydrogen-bond acceptors (Lipinski definition) is 3. The van der Waals surface area contributed by atoms with Crippen molar-refractivity contribution in [2.75, 3.05) is 6.61 Å². The number of rotatable bonds is 49. The summed E-state index contributed by atoms with van der Waals surface area (Å²) in [4.78, 5) is 24.7. The average Bonchev–Trinajstić information content (AvgIpc) is 3.21. The summed E-state index contributed by atoms with van der Waals surface area (Å²) in [5.41, 5.74) is 0. The van der Waals surface area contributed by atoms with Crippen LogP contribution in [0.5, 0.6) is 0 Å². The molecular formula is C53H103NO3. The molecule has 1 unspecified atom stereocenters. The Morgan fingerprint density at radius 2 is 0.667 bits per heavy atom. The fourth-order valence-electron chi connectivity index (χ4n) is 8.34. The zero-order valence-corrected chi connectivity index (χ0v) is 39.0. The van der Waals surface area contributed by atoms with Gasteiger partial charge in [-0.2, -0.15) is 0 Å². The van der Waals surface area contributed by atoms with E-state index < -0.39 is 0 Å². The SMILES string of the molecule is CCCCCCCCC=CCCCCCCCC(=O)CCCCCCCCCCCCCCC(=O)NC(CO)CCCCCCCCCCCCCCCCCC. The smallest absolute Gasteiger partial charge is 0.220 e. The number of Topliss-reactive ketones (excluding diaryl/α,β-unsaturated/α-hetero) is 1. The van der Waals surface area contributed by atoms with Crippen molar-refractivity contribution in [3.8, 4) is 0 Å². The molecule has 1 atom stereocenters. The first-order valence-electron chi connectivity index (χ1n) is 26.2. The van der Waals surface area contributed by atoms with Gasteiger partial charge in [0.15, 0.2) is 0 Å². The quantitative estimate of drug-likeness (QED) is 0.0476. The maximum absolute atomic E-state index is 12.4. The van der Waals surface area contributed by atoms with E-state index in [0.717, 1.165) is 51.4 Å². The molecule has 1 amide bonds. The second-order valence-electron chi connectivity index (χ2n) is 18.2. The Bertz CT molecular complexity index is 825. The van der Waals surface area contributed by atoms with E-state index in [9.17, 15) is 14.7 Å². The molecule has 0 heterocycles. The Balaban J connectivity index is 3.39. The molecule has 0 rings (SSSR count). The maximum atomic E-state index is 12.4. The molecule has 2 N–H and O–H groups in total. The molecule has 0 bridgehead atoms. The third-order valence-electron chi connectivity index (χ3n) is 12.3. The molecule has 0 aromatic heterocycles. The van der Waals surface area contributed by atoms with E-state index in [4.69, 9.17) is 0 Å². The normalized spacial score (nSPS) is 12.2. The average molecular weight is 802 g/mol. The molecule has 0 radical (unpaired) electrons. The van der Waals surface area contributed by atoms with Crippen LogP contribution >= 0.6 is 0 Å². The van der Waals surface area contributed by atoms with Crippen molar-refractivity contribution in [1.29, 1.82) is 0 Å². The minimum absolute atomic E-state index is 0.0580. The van der Waals surface area contributed by atoms with E-state index in [1.807, 2.05) is 0 Å². The van der Waals surface area contributed by atoms with E-state index in [1.54, 1.807) is 0 Å². The molecule has 0 saturated carbocycles. The van der Waals surface area contributed by atoms with Gasteiger partial charge >= 0.3 is 0 Å². The Hall–Kier alpha value is -1.16. The van der Waals surface area contributed by atoms with Gasteiger partial charge in [0.1, 0.15) is 5.78 Å². The Labute approximate surface area is 358 Å². The first-order chi connectivity index (χ1) is 28.1. The van der Waals surface area contributed by atoms with Crippen LogP contribution in [0.2, 0.25) is 0 Å². The number of carbonyl (C=O) groups is 2. The fourth-order valence-corrected chi connectivity index (χ4v) is 8.34. The van der Waals surface area contributed by atoms with Gasteiger partial charge in [0, 0.05) is 19.3 Å². The highest BCUT2D eigenvalue weighted by Crippen LogP contribution is 2.17. The standard InChI is InChI=1S/C53H103NO3/c1-3-5-7-9-11-13-15-17-19-21-22-26-30-34-38-42-46-51(50-55)54-53(57)49-45-41-37-33-29-25-24-28-32-36-40-44-48-52(56)47-43-39-35-31-27-23-20-18-16-14-12-10-8-6-4-2/h18,20,51,55H,3-17,19,21-50H2,1-2H3,(H,54,57). The predicted molar refractivity (Wildman–Crippen MR) is 252 cm³/mol. The summed E-state index contributed by atoms with van der Waals surface area (Å²) in [5, 5.41) is 12.9. The molecule has 0 fully saturated rings. The van der Waals surface area contributed by atoms with Crippen LogP contribution in [-0.2, 0) is 9.59 Å². The molecule has 57 heavy (non-hydrogen) atoms. The summed E-state index contributed by atoms with van der Waals surface area (Å²) in [7, 11) is 0. The summed E-state index contributed by atoms with van der Waals surface area (Å²) in [6.45, 7) is 4.63. The molecule has 0 aliphatic heterocycles. The predicted octanol–water partition coefficient (Wildman–Crippen LogP) is 17.2.